The number of phenolic OH excluding ortho intramolecular Hbond substituents is 1. The SMILES string of the molecule is CCC1=C(C#N)c2cc3c(c(O)c2CC1I)C(=O)c1ccccc1C3=O. The number of carbonyl (C=O) groups is 2. The van der Waals surface area contributed by atoms with Crippen molar-refractivity contribution in [3.05, 3.63) is 69.3 Å². The van der Waals surface area contributed by atoms with Crippen molar-refractivity contribution in [1.29, 1.82) is 5.26 Å². The van der Waals surface area contributed by atoms with Crippen molar-refractivity contribution < 1.29 is 14.7 Å². The van der Waals surface area contributed by atoms with Crippen molar-refractivity contribution >= 4 is 39.7 Å². The molecular formula is C21H14INO3. The van der Waals surface area contributed by atoms with Crippen LogP contribution >= 0.6 is 22.6 Å². The van der Waals surface area contributed by atoms with Gasteiger partial charge in [0.1, 0.15) is 5.75 Å². The Morgan fingerprint density at radius 2 is 1.81 bits per heavy atom. The summed E-state index contributed by atoms with van der Waals surface area (Å²) in [7, 11) is 0. The smallest absolute Gasteiger partial charge is 0.198 e. The number of hydrogen-bond donors (Lipinski definition) is 1. The Hall–Kier alpha value is -2.46. The number of fused-ring (bicyclic) bond motifs is 3. The molecule has 1 N–H and O–H groups in total. The van der Waals surface area contributed by atoms with Crippen molar-refractivity contribution in [2.75, 3.05) is 0 Å². The van der Waals surface area contributed by atoms with Crippen LogP contribution in [0.15, 0.2) is 35.9 Å². The van der Waals surface area contributed by atoms with Gasteiger partial charge < -0.3 is 5.11 Å². The van der Waals surface area contributed by atoms with E-state index >= 15 is 0 Å². The van der Waals surface area contributed by atoms with Gasteiger partial charge in [0.25, 0.3) is 0 Å². The average Bonchev–Trinajstić information content (AvgIpc) is 2.65. The van der Waals surface area contributed by atoms with E-state index in [1.165, 1.54) is 0 Å². The van der Waals surface area contributed by atoms with Gasteiger partial charge >= 0.3 is 0 Å². The minimum Gasteiger partial charge on any atom is -0.507 e. The Kier molecular flexibility index (Phi) is 3.96. The number of ketones is 2. The topological polar surface area (TPSA) is 78.2 Å². The third kappa shape index (κ3) is 2.18. The number of allylic oxidation sites excluding steroid dienone is 2. The average molecular weight is 455 g/mol. The number of rotatable bonds is 1. The highest BCUT2D eigenvalue weighted by molar-refractivity contribution is 14.1. The minimum atomic E-state index is -0.343. The normalized spacial score (nSPS) is 18.1. The lowest BCUT2D eigenvalue weighted by atomic mass is 9.77. The monoisotopic (exact) mass is 455 g/mol. The molecule has 2 aliphatic rings. The fraction of sp³-hybridized carbons (Fsp3) is 0.190. The van der Waals surface area contributed by atoms with Gasteiger partial charge in [0.2, 0.25) is 0 Å². The summed E-state index contributed by atoms with van der Waals surface area (Å²) < 4.78 is 0.0744. The fourth-order valence-corrected chi connectivity index (χ4v) is 5.06. The number of carbonyl (C=O) groups excluding carboxylic acids is 2. The lowest BCUT2D eigenvalue weighted by Gasteiger charge is -2.28. The summed E-state index contributed by atoms with van der Waals surface area (Å²) in [6, 6.07) is 10.5. The van der Waals surface area contributed by atoms with Crippen LogP contribution in [0.5, 0.6) is 5.75 Å². The Balaban J connectivity index is 2.05. The van der Waals surface area contributed by atoms with Gasteiger partial charge in [0.15, 0.2) is 11.6 Å². The van der Waals surface area contributed by atoms with Crippen LogP contribution in [-0.4, -0.2) is 20.6 Å². The maximum absolute atomic E-state index is 12.9. The number of nitriles is 1. The number of nitrogens with zero attached hydrogens (tertiary/aromatic N) is 1. The summed E-state index contributed by atoms with van der Waals surface area (Å²) in [5, 5.41) is 20.6. The fourth-order valence-electron chi connectivity index (χ4n) is 3.87. The second kappa shape index (κ2) is 6.06. The van der Waals surface area contributed by atoms with Crippen LogP contribution in [0, 0.1) is 11.3 Å². The second-order valence-corrected chi connectivity index (χ2v) is 7.92. The van der Waals surface area contributed by atoms with Crippen molar-refractivity contribution in [2.24, 2.45) is 0 Å². The van der Waals surface area contributed by atoms with E-state index in [1.54, 1.807) is 30.3 Å². The molecular weight excluding hydrogens is 441 g/mol. The van der Waals surface area contributed by atoms with Crippen LogP contribution < -0.4 is 0 Å². The number of benzene rings is 2. The van der Waals surface area contributed by atoms with Gasteiger partial charge in [-0.3, -0.25) is 9.59 Å². The van der Waals surface area contributed by atoms with E-state index in [0.717, 1.165) is 12.0 Å². The molecule has 0 saturated heterocycles. The minimum absolute atomic E-state index is 0.0632. The van der Waals surface area contributed by atoms with E-state index in [1.807, 2.05) is 6.92 Å². The molecule has 128 valence electrons. The van der Waals surface area contributed by atoms with Gasteiger partial charge in [-0.05, 0) is 30.0 Å². The van der Waals surface area contributed by atoms with Crippen LogP contribution in [0.2, 0.25) is 0 Å². The Morgan fingerprint density at radius 1 is 1.15 bits per heavy atom. The third-order valence-corrected chi connectivity index (χ3v) is 6.33. The molecule has 2 aliphatic carbocycles. The lowest BCUT2D eigenvalue weighted by Crippen LogP contribution is -2.24. The summed E-state index contributed by atoms with van der Waals surface area (Å²) in [4.78, 5) is 25.9. The molecule has 1 atom stereocenters. The van der Waals surface area contributed by atoms with Crippen LogP contribution in [0.3, 0.4) is 0 Å². The number of alkyl halides is 1. The van der Waals surface area contributed by atoms with Crippen molar-refractivity contribution in [1.82, 2.24) is 0 Å². The highest BCUT2D eigenvalue weighted by Gasteiger charge is 2.36. The number of hydrogen-bond acceptors (Lipinski definition) is 4. The van der Waals surface area contributed by atoms with Gasteiger partial charge in [0.05, 0.1) is 17.2 Å². The predicted octanol–water partition coefficient (Wildman–Crippen LogP) is 4.21. The molecule has 0 fully saturated rings. The zero-order chi connectivity index (χ0) is 18.6. The summed E-state index contributed by atoms with van der Waals surface area (Å²) in [6.45, 7) is 1.99. The first-order chi connectivity index (χ1) is 12.5. The van der Waals surface area contributed by atoms with Gasteiger partial charge in [-0.15, -0.1) is 0 Å². The molecule has 2 aromatic rings. The van der Waals surface area contributed by atoms with Gasteiger partial charge in [-0.2, -0.15) is 5.26 Å². The largest absolute Gasteiger partial charge is 0.507 e. The molecule has 0 saturated carbocycles. The van der Waals surface area contributed by atoms with Crippen LogP contribution in [0.4, 0.5) is 0 Å². The van der Waals surface area contributed by atoms with Crippen molar-refractivity contribution in [3.8, 4) is 11.8 Å². The number of aromatic hydroxyl groups is 1. The highest BCUT2D eigenvalue weighted by atomic mass is 127. The molecule has 5 heteroatoms. The van der Waals surface area contributed by atoms with E-state index < -0.39 is 0 Å². The molecule has 4 nitrogen and oxygen atoms in total. The summed E-state index contributed by atoms with van der Waals surface area (Å²) in [5.41, 5.74) is 3.57. The summed E-state index contributed by atoms with van der Waals surface area (Å²) in [5.74, 6) is -0.792. The predicted molar refractivity (Wildman–Crippen MR) is 106 cm³/mol. The molecule has 0 radical (unpaired) electrons. The number of halogens is 1. The lowest BCUT2D eigenvalue weighted by molar-refractivity contribution is 0.0976. The van der Waals surface area contributed by atoms with Gasteiger partial charge in [-0.1, -0.05) is 53.8 Å². The third-order valence-electron chi connectivity index (χ3n) is 5.14. The zero-order valence-corrected chi connectivity index (χ0v) is 16.1. The molecule has 0 amide bonds. The zero-order valence-electron chi connectivity index (χ0n) is 14.0. The summed E-state index contributed by atoms with van der Waals surface area (Å²) in [6.07, 6.45) is 1.26. The molecule has 2 aromatic carbocycles. The van der Waals surface area contributed by atoms with Gasteiger partial charge in [0, 0.05) is 26.2 Å². The first-order valence-electron chi connectivity index (χ1n) is 8.34. The maximum Gasteiger partial charge on any atom is 0.198 e. The first kappa shape index (κ1) is 17.0. The van der Waals surface area contributed by atoms with Crippen LogP contribution in [0.25, 0.3) is 5.57 Å². The Morgan fingerprint density at radius 3 is 2.42 bits per heavy atom. The van der Waals surface area contributed by atoms with E-state index in [9.17, 15) is 20.0 Å². The molecule has 0 aromatic heterocycles. The number of phenols is 1. The molecule has 1 unspecified atom stereocenters. The first-order valence-corrected chi connectivity index (χ1v) is 9.59. The molecule has 0 aliphatic heterocycles. The quantitative estimate of drug-likeness (QED) is 0.441. The second-order valence-electron chi connectivity index (χ2n) is 6.41. The molecule has 26 heavy (non-hydrogen) atoms. The Labute approximate surface area is 164 Å². The standard InChI is InChI=1S/C21H14INO3/c1-2-10-16(9-23)13-7-15-18(21(26)14(13)8-17(10)22)20(25)12-6-4-3-5-11(12)19(15)24/h3-7,17,26H,2,8H2,1H3. The van der Waals surface area contributed by atoms with Crippen molar-refractivity contribution in [2.45, 2.75) is 23.7 Å². The maximum atomic E-state index is 12.9. The molecule has 0 bridgehead atoms. The summed E-state index contributed by atoms with van der Waals surface area (Å²) >= 11 is 2.26. The van der Waals surface area contributed by atoms with Gasteiger partial charge in [-0.25, -0.2) is 0 Å². The Bertz CT molecular complexity index is 1080. The van der Waals surface area contributed by atoms with E-state index in [4.69, 9.17) is 0 Å². The van der Waals surface area contributed by atoms with E-state index in [-0.39, 0.29) is 32.4 Å². The molecule has 4 rings (SSSR count). The van der Waals surface area contributed by atoms with E-state index in [0.29, 0.717) is 34.2 Å². The van der Waals surface area contributed by atoms with Crippen molar-refractivity contribution in [3.63, 3.8) is 0 Å². The highest BCUT2D eigenvalue weighted by Crippen LogP contribution is 2.44. The van der Waals surface area contributed by atoms with Crippen LogP contribution in [-0.2, 0) is 6.42 Å². The molecule has 0 spiro atoms. The van der Waals surface area contributed by atoms with Crippen LogP contribution in [0.1, 0.15) is 56.3 Å². The van der Waals surface area contributed by atoms with E-state index in [2.05, 4.69) is 28.7 Å². The molecule has 0 heterocycles.